The molecule has 0 bridgehead atoms. The van der Waals surface area contributed by atoms with E-state index in [1.165, 1.54) is 103 Å². The molecule has 6 nitrogen and oxygen atoms in total. The summed E-state index contributed by atoms with van der Waals surface area (Å²) in [5, 5.41) is 13.5. The molecule has 276 valence electrons. The number of fused-ring (bicyclic) bond motifs is 2. The fourth-order valence-electron chi connectivity index (χ4n) is 12.0. The number of ketones is 2. The highest BCUT2D eigenvalue weighted by Gasteiger charge is 2.44. The third kappa shape index (κ3) is 10.4. The Kier molecular flexibility index (Phi) is 14.1. The number of rotatable bonds is 8. The zero-order chi connectivity index (χ0) is 34.2. The molecule has 1 heterocycles. The van der Waals surface area contributed by atoms with E-state index in [1.54, 1.807) is 7.11 Å². The maximum Gasteiger partial charge on any atom is 0.144 e. The van der Waals surface area contributed by atoms with Gasteiger partial charge in [-0.2, -0.15) is 0 Å². The number of Topliss-reactive ketones (excluding diaryl/α,β-unsaturated/α-hetero) is 2. The molecule has 49 heavy (non-hydrogen) atoms. The number of carbonyl (C=O) groups is 2. The number of ether oxygens (including phenoxy) is 1. The van der Waals surface area contributed by atoms with E-state index in [4.69, 9.17) is 10.5 Å². The summed E-state index contributed by atoms with van der Waals surface area (Å²) >= 11 is 0. The van der Waals surface area contributed by atoms with Crippen LogP contribution in [0.2, 0.25) is 0 Å². The summed E-state index contributed by atoms with van der Waals surface area (Å²) in [4.78, 5) is 27.9. The second-order valence-corrected chi connectivity index (χ2v) is 18.1. The molecule has 5 aliphatic carbocycles. The Hall–Kier alpha value is -1.26. The van der Waals surface area contributed by atoms with Crippen molar-refractivity contribution in [3.8, 4) is 11.8 Å². The van der Waals surface area contributed by atoms with Crippen LogP contribution in [0.1, 0.15) is 154 Å². The number of quaternary nitrogens is 1. The van der Waals surface area contributed by atoms with Gasteiger partial charge in [-0.15, -0.1) is 0 Å². The SMILES string of the molecule is COC1CC2CCC(=O)CC(=O)[C@@H]3C[C@@H](CCCC4CCCCC4)C[C@H](CC4CC[NH2+]C(N)C4)C[C@@H]3C#C[C@H](C3CCCCC3)C2CC1O. The summed E-state index contributed by atoms with van der Waals surface area (Å²) in [6.45, 7) is 1.12. The summed E-state index contributed by atoms with van der Waals surface area (Å²) in [5.74, 6) is 12.1. The zero-order valence-corrected chi connectivity index (χ0v) is 31.0. The van der Waals surface area contributed by atoms with Crippen molar-refractivity contribution in [1.29, 1.82) is 0 Å². The molecule has 6 heteroatoms. The molecule has 5 fully saturated rings. The smallest absolute Gasteiger partial charge is 0.144 e. The summed E-state index contributed by atoms with van der Waals surface area (Å²) in [6.07, 6.45) is 26.1. The maximum absolute atomic E-state index is 14.3. The lowest BCUT2D eigenvalue weighted by Crippen LogP contribution is -2.94. The second-order valence-electron chi connectivity index (χ2n) is 18.1. The van der Waals surface area contributed by atoms with Crippen LogP contribution < -0.4 is 11.1 Å². The van der Waals surface area contributed by atoms with E-state index in [2.05, 4.69) is 17.2 Å². The number of nitrogens with two attached hydrogens (primary N) is 2. The molecule has 11 atom stereocenters. The third-order valence-corrected chi connectivity index (χ3v) is 14.6. The van der Waals surface area contributed by atoms with Crippen molar-refractivity contribution in [3.63, 3.8) is 0 Å². The van der Waals surface area contributed by atoms with E-state index in [0.29, 0.717) is 42.4 Å². The molecular formula is C43H71N2O4+. The number of aliphatic hydroxyl groups excluding tert-OH is 1. The highest BCUT2D eigenvalue weighted by atomic mass is 16.5. The van der Waals surface area contributed by atoms with Crippen LogP contribution in [0.15, 0.2) is 0 Å². The van der Waals surface area contributed by atoms with E-state index in [9.17, 15) is 14.7 Å². The molecule has 0 aromatic rings. The molecule has 5 N–H and O–H groups in total. The van der Waals surface area contributed by atoms with Gasteiger partial charge in [0, 0.05) is 37.7 Å². The van der Waals surface area contributed by atoms with Gasteiger partial charge >= 0.3 is 0 Å². The second kappa shape index (κ2) is 18.5. The number of aliphatic hydroxyl groups is 1. The first-order valence-electron chi connectivity index (χ1n) is 21.2. The maximum atomic E-state index is 14.3. The van der Waals surface area contributed by atoms with Crippen LogP contribution in [0.5, 0.6) is 0 Å². The molecule has 0 aromatic carbocycles. The molecule has 1 saturated heterocycles. The lowest BCUT2D eigenvalue weighted by molar-refractivity contribution is -0.699. The Morgan fingerprint density at radius 3 is 2.29 bits per heavy atom. The van der Waals surface area contributed by atoms with Gasteiger partial charge in [-0.3, -0.25) is 15.3 Å². The number of hydrogen-bond donors (Lipinski definition) is 3. The van der Waals surface area contributed by atoms with Gasteiger partial charge in [-0.1, -0.05) is 82.5 Å². The van der Waals surface area contributed by atoms with Crippen LogP contribution in [-0.4, -0.2) is 48.7 Å². The summed E-state index contributed by atoms with van der Waals surface area (Å²) in [5.41, 5.74) is 6.45. The van der Waals surface area contributed by atoms with E-state index in [-0.39, 0.29) is 53.9 Å². The van der Waals surface area contributed by atoms with Crippen LogP contribution in [0.3, 0.4) is 0 Å². The van der Waals surface area contributed by atoms with Crippen LogP contribution in [0, 0.1) is 71.0 Å². The third-order valence-electron chi connectivity index (χ3n) is 14.6. The van der Waals surface area contributed by atoms with Crippen LogP contribution in [0.25, 0.3) is 0 Å². The minimum Gasteiger partial charge on any atom is -0.390 e. The number of methoxy groups -OCH3 is 1. The number of carbonyl (C=O) groups excluding carboxylic acids is 2. The van der Waals surface area contributed by atoms with Crippen molar-refractivity contribution in [2.75, 3.05) is 13.7 Å². The first-order chi connectivity index (χ1) is 23.9. The van der Waals surface area contributed by atoms with Gasteiger partial charge in [-0.05, 0) is 106 Å². The average Bonchev–Trinajstić information content (AvgIpc) is 3.27. The van der Waals surface area contributed by atoms with Crippen molar-refractivity contribution in [3.05, 3.63) is 0 Å². The Morgan fingerprint density at radius 1 is 0.776 bits per heavy atom. The number of hydrogen-bond acceptors (Lipinski definition) is 5. The van der Waals surface area contributed by atoms with E-state index in [0.717, 1.165) is 44.6 Å². The standard InChI is InChI=1S/C43H70N2O4/c1-49-42-26-35-15-17-36(46)27-40(47)39-24-30(12-8-11-29-9-4-2-5-10-29)21-32(22-31-19-20-45-43(44)25-31)23-34(39)16-18-37(38(35)28-41(42)48)33-13-6-3-7-14-33/h29-35,37-39,41-43,45,48H,2-15,17,19-28,44H2,1H3/p+1/t30-,31?,32+,34-,35?,37+,38?,39+,41?,42?,43?/m0/s1. The molecule has 4 saturated carbocycles. The van der Waals surface area contributed by atoms with Gasteiger partial charge in [-0.25, -0.2) is 0 Å². The molecular weight excluding hydrogens is 608 g/mol. The number of piperidine rings is 1. The summed E-state index contributed by atoms with van der Waals surface area (Å²) < 4.78 is 5.75. The fraction of sp³-hybridized carbons (Fsp3) is 0.907. The highest BCUT2D eigenvalue weighted by molar-refractivity contribution is 6.00. The molecule has 6 rings (SSSR count). The van der Waals surface area contributed by atoms with Gasteiger partial charge in [0.1, 0.15) is 17.7 Å². The van der Waals surface area contributed by atoms with Crippen LogP contribution in [0.4, 0.5) is 0 Å². The van der Waals surface area contributed by atoms with Gasteiger partial charge in [0.25, 0.3) is 0 Å². The quantitative estimate of drug-likeness (QED) is 0.190. The van der Waals surface area contributed by atoms with Gasteiger partial charge in [0.05, 0.1) is 25.2 Å². The van der Waals surface area contributed by atoms with Crippen molar-refractivity contribution < 1.29 is 24.7 Å². The highest BCUT2D eigenvalue weighted by Crippen LogP contribution is 2.47. The molecule has 0 spiro atoms. The largest absolute Gasteiger partial charge is 0.390 e. The van der Waals surface area contributed by atoms with Crippen LogP contribution >= 0.6 is 0 Å². The fourth-order valence-corrected chi connectivity index (χ4v) is 12.0. The molecule has 0 aromatic heterocycles. The van der Waals surface area contributed by atoms with E-state index in [1.807, 2.05) is 0 Å². The van der Waals surface area contributed by atoms with Crippen LogP contribution in [-0.2, 0) is 14.3 Å². The Morgan fingerprint density at radius 2 is 1.53 bits per heavy atom. The lowest BCUT2D eigenvalue weighted by atomic mass is 9.63. The minimum atomic E-state index is -0.479. The molecule has 6 aliphatic rings. The molecule has 0 amide bonds. The summed E-state index contributed by atoms with van der Waals surface area (Å²) in [6, 6.07) is 0. The van der Waals surface area contributed by atoms with Crippen molar-refractivity contribution in [2.45, 2.75) is 172 Å². The Bertz CT molecular complexity index is 1120. The van der Waals surface area contributed by atoms with Gasteiger partial charge in [0.15, 0.2) is 0 Å². The summed E-state index contributed by atoms with van der Waals surface area (Å²) in [7, 11) is 1.71. The molecule has 6 unspecified atom stereocenters. The molecule has 1 aliphatic heterocycles. The predicted octanol–water partition coefficient (Wildman–Crippen LogP) is 6.96. The van der Waals surface area contributed by atoms with Crippen molar-refractivity contribution in [2.24, 2.45) is 64.9 Å². The van der Waals surface area contributed by atoms with Crippen molar-refractivity contribution >= 4 is 11.6 Å². The Labute approximate surface area is 298 Å². The predicted molar refractivity (Wildman–Crippen MR) is 195 cm³/mol. The first kappa shape index (κ1) is 37.5. The minimum absolute atomic E-state index is 0.0293. The molecule has 0 radical (unpaired) electrons. The van der Waals surface area contributed by atoms with Gasteiger partial charge in [0.2, 0.25) is 0 Å². The average molecular weight is 680 g/mol. The Balaban J connectivity index is 1.29. The van der Waals surface area contributed by atoms with E-state index < -0.39 is 6.10 Å². The van der Waals surface area contributed by atoms with Crippen molar-refractivity contribution in [1.82, 2.24) is 0 Å². The normalized spacial score (nSPS) is 40.5. The topological polar surface area (TPSA) is 106 Å². The van der Waals surface area contributed by atoms with Gasteiger partial charge < -0.3 is 15.2 Å². The first-order valence-corrected chi connectivity index (χ1v) is 21.2. The van der Waals surface area contributed by atoms with E-state index >= 15 is 0 Å². The monoisotopic (exact) mass is 680 g/mol. The lowest BCUT2D eigenvalue weighted by Gasteiger charge is -2.44. The zero-order valence-electron chi connectivity index (χ0n) is 31.0.